The Kier molecular flexibility index (Phi) is 2.29. The maximum absolute atomic E-state index is 6.02. The molecule has 2 aromatic heterocycles. The molecule has 4 nitrogen and oxygen atoms in total. The first-order valence-electron chi connectivity index (χ1n) is 4.49. The van der Waals surface area contributed by atoms with Gasteiger partial charge in [0.25, 0.3) is 0 Å². The minimum absolute atomic E-state index is 0.496. The molecule has 0 saturated carbocycles. The lowest BCUT2D eigenvalue weighted by Gasteiger charge is -2.01. The number of rotatable bonds is 2. The van der Waals surface area contributed by atoms with Gasteiger partial charge < -0.3 is 5.73 Å². The first-order chi connectivity index (χ1) is 6.74. The lowest BCUT2D eigenvalue weighted by Crippen LogP contribution is -2.00. The van der Waals surface area contributed by atoms with Crippen LogP contribution in [0.3, 0.4) is 0 Å². The van der Waals surface area contributed by atoms with Crippen molar-refractivity contribution in [3.63, 3.8) is 0 Å². The minimum atomic E-state index is 0.496. The number of nitrogen functional groups attached to an aromatic ring is 1. The van der Waals surface area contributed by atoms with Gasteiger partial charge in [-0.3, -0.25) is 0 Å². The van der Waals surface area contributed by atoms with Gasteiger partial charge in [-0.15, -0.1) is 0 Å². The summed E-state index contributed by atoms with van der Waals surface area (Å²) in [6.45, 7) is 2.93. The molecule has 0 amide bonds. The summed E-state index contributed by atoms with van der Waals surface area (Å²) >= 11 is 6.02. The van der Waals surface area contributed by atoms with E-state index in [9.17, 15) is 0 Å². The summed E-state index contributed by atoms with van der Waals surface area (Å²) in [7, 11) is 0. The van der Waals surface area contributed by atoms with Crippen molar-refractivity contribution in [3.05, 3.63) is 17.4 Å². The molecule has 0 unspecified atom stereocenters. The van der Waals surface area contributed by atoms with Crippen molar-refractivity contribution in [3.8, 4) is 0 Å². The average molecular weight is 211 g/mol. The monoisotopic (exact) mass is 210 g/mol. The third kappa shape index (κ3) is 1.32. The molecule has 5 heteroatoms. The summed E-state index contributed by atoms with van der Waals surface area (Å²) in [6.07, 6.45) is 4.29. The van der Waals surface area contributed by atoms with Crippen molar-refractivity contribution in [2.45, 2.75) is 19.9 Å². The molecule has 2 rings (SSSR count). The average Bonchev–Trinajstić information content (AvgIpc) is 2.57. The molecule has 14 heavy (non-hydrogen) atoms. The minimum Gasteiger partial charge on any atom is -0.396 e. The van der Waals surface area contributed by atoms with Crippen LogP contribution in [-0.4, -0.2) is 14.8 Å². The maximum Gasteiger partial charge on any atom is 0.159 e. The van der Waals surface area contributed by atoms with Gasteiger partial charge in [0.2, 0.25) is 0 Å². The molecule has 2 heterocycles. The highest BCUT2D eigenvalue weighted by Gasteiger charge is 2.08. The Morgan fingerprint density at radius 3 is 3.00 bits per heavy atom. The van der Waals surface area contributed by atoms with Crippen LogP contribution in [0, 0.1) is 0 Å². The van der Waals surface area contributed by atoms with Crippen molar-refractivity contribution in [1.29, 1.82) is 0 Å². The van der Waals surface area contributed by atoms with E-state index < -0.39 is 0 Å². The van der Waals surface area contributed by atoms with Gasteiger partial charge in [0.05, 0.1) is 28.5 Å². The lowest BCUT2D eigenvalue weighted by molar-refractivity contribution is 0.617. The van der Waals surface area contributed by atoms with E-state index in [-0.39, 0.29) is 0 Å². The lowest BCUT2D eigenvalue weighted by atomic mass is 10.3. The van der Waals surface area contributed by atoms with E-state index in [4.69, 9.17) is 17.3 Å². The fourth-order valence-electron chi connectivity index (χ4n) is 1.39. The van der Waals surface area contributed by atoms with Gasteiger partial charge in [-0.2, -0.15) is 5.10 Å². The number of hydrogen-bond acceptors (Lipinski definition) is 3. The van der Waals surface area contributed by atoms with Crippen LogP contribution in [0.5, 0.6) is 0 Å². The molecule has 0 saturated heterocycles. The van der Waals surface area contributed by atoms with Gasteiger partial charge in [-0.05, 0) is 6.42 Å². The van der Waals surface area contributed by atoms with Crippen LogP contribution in [0.25, 0.3) is 11.0 Å². The molecule has 0 radical (unpaired) electrons. The molecule has 0 spiro atoms. The Hall–Kier alpha value is -1.29. The quantitative estimate of drug-likeness (QED) is 0.826. The second-order valence-electron chi connectivity index (χ2n) is 3.13. The van der Waals surface area contributed by atoms with Gasteiger partial charge in [0, 0.05) is 6.54 Å². The second-order valence-corrected chi connectivity index (χ2v) is 3.51. The Morgan fingerprint density at radius 2 is 2.29 bits per heavy atom. The van der Waals surface area contributed by atoms with Crippen molar-refractivity contribution < 1.29 is 0 Å². The number of anilines is 1. The molecule has 0 aliphatic heterocycles. The zero-order chi connectivity index (χ0) is 10.1. The number of hydrogen-bond donors (Lipinski definition) is 1. The molecule has 74 valence electrons. The largest absolute Gasteiger partial charge is 0.396 e. The predicted molar refractivity (Wildman–Crippen MR) is 57.2 cm³/mol. The van der Waals surface area contributed by atoms with Crippen LogP contribution in [0.2, 0.25) is 5.02 Å². The SMILES string of the molecule is CCCn1ncc2c(Cl)c(N)cnc21. The van der Waals surface area contributed by atoms with Crippen LogP contribution in [0.15, 0.2) is 12.4 Å². The summed E-state index contributed by atoms with van der Waals surface area (Å²) in [5, 5.41) is 5.56. The van der Waals surface area contributed by atoms with E-state index in [1.165, 1.54) is 0 Å². The highest BCUT2D eigenvalue weighted by Crippen LogP contribution is 2.26. The van der Waals surface area contributed by atoms with Crippen LogP contribution in [0.4, 0.5) is 5.69 Å². The third-order valence-corrected chi connectivity index (χ3v) is 2.48. The number of pyridine rings is 1. The smallest absolute Gasteiger partial charge is 0.159 e. The normalized spacial score (nSPS) is 11.0. The van der Waals surface area contributed by atoms with E-state index >= 15 is 0 Å². The molecule has 0 aromatic carbocycles. The number of aromatic nitrogens is 3. The third-order valence-electron chi connectivity index (χ3n) is 2.06. The Bertz CT molecular complexity index is 463. The number of fused-ring (bicyclic) bond motifs is 1. The van der Waals surface area contributed by atoms with E-state index in [2.05, 4.69) is 17.0 Å². The van der Waals surface area contributed by atoms with Crippen LogP contribution in [-0.2, 0) is 6.54 Å². The first kappa shape index (κ1) is 9.27. The summed E-state index contributed by atoms with van der Waals surface area (Å²) in [4.78, 5) is 4.21. The highest BCUT2D eigenvalue weighted by molar-refractivity contribution is 6.37. The Labute approximate surface area is 86.7 Å². The fraction of sp³-hybridized carbons (Fsp3) is 0.333. The first-order valence-corrected chi connectivity index (χ1v) is 4.87. The van der Waals surface area contributed by atoms with Crippen molar-refractivity contribution in [1.82, 2.24) is 14.8 Å². The molecule has 0 atom stereocenters. The number of nitrogens with zero attached hydrogens (tertiary/aromatic N) is 3. The van der Waals surface area contributed by atoms with Crippen molar-refractivity contribution in [2.24, 2.45) is 0 Å². The summed E-state index contributed by atoms with van der Waals surface area (Å²) < 4.78 is 1.83. The molecular formula is C9H11ClN4. The predicted octanol–water partition coefficient (Wildman–Crippen LogP) is 2.08. The topological polar surface area (TPSA) is 56.7 Å². The molecular weight excluding hydrogens is 200 g/mol. The van der Waals surface area contributed by atoms with Crippen molar-refractivity contribution >= 4 is 28.3 Å². The van der Waals surface area contributed by atoms with Crippen molar-refractivity contribution in [2.75, 3.05) is 5.73 Å². The molecule has 0 fully saturated rings. The maximum atomic E-state index is 6.02. The van der Waals surface area contributed by atoms with E-state index in [1.807, 2.05) is 4.68 Å². The van der Waals surface area contributed by atoms with Gasteiger partial charge in [0.1, 0.15) is 0 Å². The zero-order valence-corrected chi connectivity index (χ0v) is 8.62. The molecule has 2 N–H and O–H groups in total. The standard InChI is InChI=1S/C9H11ClN4/c1-2-3-14-9-6(4-13-14)8(10)7(11)5-12-9/h4-5H,2-3,11H2,1H3. The van der Waals surface area contributed by atoms with E-state index in [1.54, 1.807) is 12.4 Å². The van der Waals surface area contributed by atoms with Gasteiger partial charge >= 0.3 is 0 Å². The molecule has 0 bridgehead atoms. The van der Waals surface area contributed by atoms with Crippen LogP contribution >= 0.6 is 11.6 Å². The fourth-order valence-corrected chi connectivity index (χ4v) is 1.57. The molecule has 2 aromatic rings. The zero-order valence-electron chi connectivity index (χ0n) is 7.87. The second kappa shape index (κ2) is 3.46. The highest BCUT2D eigenvalue weighted by atomic mass is 35.5. The van der Waals surface area contributed by atoms with Crippen LogP contribution in [0.1, 0.15) is 13.3 Å². The summed E-state index contributed by atoms with van der Waals surface area (Å²) in [5.41, 5.74) is 6.93. The van der Waals surface area contributed by atoms with Gasteiger partial charge in [-0.25, -0.2) is 9.67 Å². The molecule has 0 aliphatic carbocycles. The Balaban J connectivity index is 2.64. The Morgan fingerprint density at radius 1 is 1.50 bits per heavy atom. The number of aryl methyl sites for hydroxylation is 1. The summed E-state index contributed by atoms with van der Waals surface area (Å²) in [5.74, 6) is 0. The molecule has 0 aliphatic rings. The van der Waals surface area contributed by atoms with Gasteiger partial charge in [0.15, 0.2) is 5.65 Å². The van der Waals surface area contributed by atoms with E-state index in [0.717, 1.165) is 24.0 Å². The summed E-state index contributed by atoms with van der Waals surface area (Å²) in [6, 6.07) is 0. The van der Waals surface area contributed by atoms with Crippen LogP contribution < -0.4 is 5.73 Å². The number of halogens is 1. The van der Waals surface area contributed by atoms with E-state index in [0.29, 0.717) is 10.7 Å². The number of nitrogens with two attached hydrogens (primary N) is 1. The van der Waals surface area contributed by atoms with Gasteiger partial charge in [-0.1, -0.05) is 18.5 Å².